The van der Waals surface area contributed by atoms with Crippen molar-refractivity contribution in [2.24, 2.45) is 7.05 Å². The molecule has 3 aromatic rings. The highest BCUT2D eigenvalue weighted by Crippen LogP contribution is 2.21. The van der Waals surface area contributed by atoms with E-state index in [0.29, 0.717) is 21.4 Å². The van der Waals surface area contributed by atoms with Gasteiger partial charge in [0.25, 0.3) is 5.56 Å². The molecule has 0 radical (unpaired) electrons. The predicted octanol–water partition coefficient (Wildman–Crippen LogP) is 3.02. The van der Waals surface area contributed by atoms with Gasteiger partial charge in [-0.05, 0) is 18.2 Å². The normalized spacial score (nSPS) is 10.8. The fourth-order valence-electron chi connectivity index (χ4n) is 2.37. The SMILES string of the molecule is Cn1nc(C(=O)OCCSc2ccccc2F)c2ccccc2c1=O. The Morgan fingerprint density at radius 1 is 1.16 bits per heavy atom. The maximum absolute atomic E-state index is 13.5. The first-order chi connectivity index (χ1) is 12.1. The molecule has 7 heteroatoms. The van der Waals surface area contributed by atoms with Crippen molar-refractivity contribution in [3.05, 3.63) is 70.4 Å². The molecule has 0 saturated heterocycles. The second-order valence-corrected chi connectivity index (χ2v) is 6.37. The Kier molecular flexibility index (Phi) is 5.14. The Morgan fingerprint density at radius 3 is 2.60 bits per heavy atom. The number of aryl methyl sites for hydroxylation is 1. The molecule has 0 amide bonds. The molecule has 0 atom stereocenters. The summed E-state index contributed by atoms with van der Waals surface area (Å²) < 4.78 is 19.9. The van der Waals surface area contributed by atoms with Crippen LogP contribution in [0.15, 0.2) is 58.2 Å². The topological polar surface area (TPSA) is 61.2 Å². The number of fused-ring (bicyclic) bond motifs is 1. The predicted molar refractivity (Wildman–Crippen MR) is 94.4 cm³/mol. The lowest BCUT2D eigenvalue weighted by Crippen LogP contribution is -2.24. The first-order valence-corrected chi connectivity index (χ1v) is 8.57. The molecule has 0 spiro atoms. The number of hydrogen-bond acceptors (Lipinski definition) is 5. The number of carbonyl (C=O) groups excluding carboxylic acids is 1. The van der Waals surface area contributed by atoms with Crippen LogP contribution in [0.25, 0.3) is 10.8 Å². The molecule has 1 heterocycles. The lowest BCUT2D eigenvalue weighted by atomic mass is 10.1. The molecule has 25 heavy (non-hydrogen) atoms. The number of carbonyl (C=O) groups is 1. The maximum atomic E-state index is 13.5. The molecule has 0 aliphatic heterocycles. The van der Waals surface area contributed by atoms with Gasteiger partial charge in [0.15, 0.2) is 5.69 Å². The Morgan fingerprint density at radius 2 is 1.84 bits per heavy atom. The summed E-state index contributed by atoms with van der Waals surface area (Å²) in [6.45, 7) is 0.108. The molecular formula is C18H15FN2O3S. The van der Waals surface area contributed by atoms with Crippen molar-refractivity contribution in [3.8, 4) is 0 Å². The van der Waals surface area contributed by atoms with E-state index in [-0.39, 0.29) is 23.7 Å². The first kappa shape index (κ1) is 17.2. The second kappa shape index (κ2) is 7.48. The number of esters is 1. The zero-order valence-electron chi connectivity index (χ0n) is 13.4. The second-order valence-electron chi connectivity index (χ2n) is 5.24. The van der Waals surface area contributed by atoms with Crippen molar-refractivity contribution in [3.63, 3.8) is 0 Å². The van der Waals surface area contributed by atoms with Crippen LogP contribution in [0, 0.1) is 5.82 Å². The van der Waals surface area contributed by atoms with Crippen molar-refractivity contribution in [2.75, 3.05) is 12.4 Å². The zero-order valence-corrected chi connectivity index (χ0v) is 14.3. The van der Waals surface area contributed by atoms with Crippen molar-refractivity contribution in [1.29, 1.82) is 0 Å². The van der Waals surface area contributed by atoms with Crippen LogP contribution in [0.3, 0.4) is 0 Å². The lowest BCUT2D eigenvalue weighted by molar-refractivity contribution is 0.0523. The summed E-state index contributed by atoms with van der Waals surface area (Å²) in [6, 6.07) is 13.2. The molecule has 3 rings (SSSR count). The third-order valence-electron chi connectivity index (χ3n) is 3.56. The average molecular weight is 358 g/mol. The van der Waals surface area contributed by atoms with Gasteiger partial charge < -0.3 is 4.74 Å². The summed E-state index contributed by atoms with van der Waals surface area (Å²) in [7, 11) is 1.49. The minimum atomic E-state index is -0.610. The molecule has 0 aliphatic rings. The average Bonchev–Trinajstić information content (AvgIpc) is 2.63. The van der Waals surface area contributed by atoms with Crippen LogP contribution in [-0.2, 0) is 11.8 Å². The summed E-state index contributed by atoms with van der Waals surface area (Å²) in [5.74, 6) is -0.499. The van der Waals surface area contributed by atoms with Gasteiger partial charge in [-0.1, -0.05) is 30.3 Å². The van der Waals surface area contributed by atoms with Gasteiger partial charge in [0, 0.05) is 23.1 Å². The number of hydrogen-bond donors (Lipinski definition) is 0. The molecule has 0 N–H and O–H groups in total. The number of halogens is 1. The highest BCUT2D eigenvalue weighted by atomic mass is 32.2. The number of rotatable bonds is 5. The van der Waals surface area contributed by atoms with E-state index in [1.54, 1.807) is 42.5 Å². The van der Waals surface area contributed by atoms with Gasteiger partial charge in [0.1, 0.15) is 12.4 Å². The number of ether oxygens (including phenoxy) is 1. The molecule has 2 aromatic carbocycles. The summed E-state index contributed by atoms with van der Waals surface area (Å²) in [5, 5.41) is 4.88. The number of nitrogens with zero attached hydrogens (tertiary/aromatic N) is 2. The van der Waals surface area contributed by atoms with E-state index in [2.05, 4.69) is 5.10 Å². The van der Waals surface area contributed by atoms with Crippen molar-refractivity contribution >= 4 is 28.5 Å². The Hall–Kier alpha value is -2.67. The Bertz CT molecular complexity index is 987. The largest absolute Gasteiger partial charge is 0.460 e. The van der Waals surface area contributed by atoms with E-state index in [0.717, 1.165) is 4.68 Å². The van der Waals surface area contributed by atoms with E-state index in [4.69, 9.17) is 4.74 Å². The van der Waals surface area contributed by atoms with Crippen LogP contribution < -0.4 is 5.56 Å². The molecule has 1 aromatic heterocycles. The van der Waals surface area contributed by atoms with Crippen molar-refractivity contribution < 1.29 is 13.9 Å². The van der Waals surface area contributed by atoms with Gasteiger partial charge in [-0.25, -0.2) is 13.9 Å². The van der Waals surface area contributed by atoms with E-state index in [1.807, 2.05) is 0 Å². The van der Waals surface area contributed by atoms with Gasteiger partial charge in [-0.2, -0.15) is 5.10 Å². The molecule has 0 fully saturated rings. The molecule has 0 aliphatic carbocycles. The summed E-state index contributed by atoms with van der Waals surface area (Å²) in [5.41, 5.74) is -0.184. The van der Waals surface area contributed by atoms with Crippen LogP contribution in [0.4, 0.5) is 4.39 Å². The van der Waals surface area contributed by atoms with Crippen molar-refractivity contribution in [1.82, 2.24) is 9.78 Å². The molecule has 0 bridgehead atoms. The number of aromatic nitrogens is 2. The molecule has 5 nitrogen and oxygen atoms in total. The minimum Gasteiger partial charge on any atom is -0.460 e. The van der Waals surface area contributed by atoms with Crippen LogP contribution in [0.1, 0.15) is 10.5 Å². The summed E-state index contributed by atoms with van der Waals surface area (Å²) >= 11 is 1.27. The van der Waals surface area contributed by atoms with Gasteiger partial charge >= 0.3 is 5.97 Å². The highest BCUT2D eigenvalue weighted by molar-refractivity contribution is 7.99. The molecule has 0 unspecified atom stereocenters. The number of thioether (sulfide) groups is 1. The minimum absolute atomic E-state index is 0.0913. The summed E-state index contributed by atoms with van der Waals surface area (Å²) in [6.07, 6.45) is 0. The third kappa shape index (κ3) is 3.71. The summed E-state index contributed by atoms with van der Waals surface area (Å²) in [4.78, 5) is 24.9. The van der Waals surface area contributed by atoms with Gasteiger partial charge in [0.05, 0.1) is 5.39 Å². The van der Waals surface area contributed by atoms with Crippen LogP contribution in [-0.4, -0.2) is 28.1 Å². The van der Waals surface area contributed by atoms with E-state index < -0.39 is 5.97 Å². The standard InChI is InChI=1S/C18H15FN2O3S/c1-21-17(22)13-7-3-2-6-12(13)16(20-21)18(23)24-10-11-25-15-9-5-4-8-14(15)19/h2-9H,10-11H2,1H3. The number of benzene rings is 2. The van der Waals surface area contributed by atoms with E-state index in [9.17, 15) is 14.0 Å². The lowest BCUT2D eigenvalue weighted by Gasteiger charge is -2.08. The Balaban J connectivity index is 1.70. The monoisotopic (exact) mass is 358 g/mol. The highest BCUT2D eigenvalue weighted by Gasteiger charge is 2.16. The fraction of sp³-hybridized carbons (Fsp3) is 0.167. The van der Waals surface area contributed by atoms with Gasteiger partial charge in [-0.15, -0.1) is 11.8 Å². The smallest absolute Gasteiger partial charge is 0.359 e. The van der Waals surface area contributed by atoms with Crippen LogP contribution >= 0.6 is 11.8 Å². The van der Waals surface area contributed by atoms with Crippen LogP contribution in [0.2, 0.25) is 0 Å². The van der Waals surface area contributed by atoms with E-state index in [1.165, 1.54) is 24.9 Å². The van der Waals surface area contributed by atoms with E-state index >= 15 is 0 Å². The molecular weight excluding hydrogens is 343 g/mol. The fourth-order valence-corrected chi connectivity index (χ4v) is 3.13. The van der Waals surface area contributed by atoms with Crippen molar-refractivity contribution in [2.45, 2.75) is 4.90 Å². The third-order valence-corrected chi connectivity index (χ3v) is 4.57. The quantitative estimate of drug-likeness (QED) is 0.399. The first-order valence-electron chi connectivity index (χ1n) is 7.58. The Labute approximate surface area is 147 Å². The zero-order chi connectivity index (χ0) is 17.8. The van der Waals surface area contributed by atoms with Crippen LogP contribution in [0.5, 0.6) is 0 Å². The van der Waals surface area contributed by atoms with Gasteiger partial charge in [-0.3, -0.25) is 4.79 Å². The maximum Gasteiger partial charge on any atom is 0.359 e. The molecule has 0 saturated carbocycles. The molecule has 128 valence electrons. The van der Waals surface area contributed by atoms with Gasteiger partial charge in [0.2, 0.25) is 0 Å².